The average molecular weight is 401 g/mol. The molecule has 0 spiro atoms. The molecule has 0 aliphatic rings. The van der Waals surface area contributed by atoms with Gasteiger partial charge in [-0.2, -0.15) is 0 Å². The first-order valence-electron chi connectivity index (χ1n) is 8.17. The van der Waals surface area contributed by atoms with Gasteiger partial charge in [0.05, 0.1) is 0 Å². The summed E-state index contributed by atoms with van der Waals surface area (Å²) in [6, 6.07) is 12.9. The van der Waals surface area contributed by atoms with Crippen molar-refractivity contribution in [3.63, 3.8) is 0 Å². The predicted molar refractivity (Wildman–Crippen MR) is 107 cm³/mol. The lowest BCUT2D eigenvalue weighted by Gasteiger charge is -2.07. The van der Waals surface area contributed by atoms with Crippen molar-refractivity contribution in [2.75, 3.05) is 11.9 Å². The number of carbonyl (C=O) groups excluding carboxylic acids is 2. The van der Waals surface area contributed by atoms with Gasteiger partial charge in [0, 0.05) is 21.7 Å². The molecule has 1 N–H and O–H groups in total. The van der Waals surface area contributed by atoms with Gasteiger partial charge < -0.3 is 10.1 Å². The van der Waals surface area contributed by atoms with Gasteiger partial charge in [0.1, 0.15) is 5.01 Å². The summed E-state index contributed by atoms with van der Waals surface area (Å²) in [5.74, 6) is -1.05. The minimum absolute atomic E-state index is 0.161. The number of hydrogen-bond donors (Lipinski definition) is 1. The fourth-order valence-electron chi connectivity index (χ4n) is 2.57. The zero-order chi connectivity index (χ0) is 19.4. The molecular weight excluding hydrogens is 384 g/mol. The minimum atomic E-state index is -0.643. The smallest absolute Gasteiger partial charge is 0.358 e. The number of anilines is 1. The van der Waals surface area contributed by atoms with Crippen molar-refractivity contribution in [2.24, 2.45) is 0 Å². The van der Waals surface area contributed by atoms with Crippen molar-refractivity contribution in [1.82, 2.24) is 4.98 Å². The van der Waals surface area contributed by atoms with Crippen LogP contribution in [-0.2, 0) is 9.53 Å². The molecule has 1 amide bonds. The van der Waals surface area contributed by atoms with E-state index >= 15 is 0 Å². The van der Waals surface area contributed by atoms with Crippen molar-refractivity contribution in [3.8, 4) is 10.6 Å². The van der Waals surface area contributed by atoms with E-state index in [0.717, 1.165) is 16.7 Å². The van der Waals surface area contributed by atoms with Crippen LogP contribution in [0.25, 0.3) is 10.6 Å². The second-order valence-electron chi connectivity index (χ2n) is 6.05. The zero-order valence-electron chi connectivity index (χ0n) is 14.8. The molecule has 5 nitrogen and oxygen atoms in total. The summed E-state index contributed by atoms with van der Waals surface area (Å²) in [5, 5.41) is 5.57. The molecule has 3 rings (SSSR count). The van der Waals surface area contributed by atoms with E-state index in [1.165, 1.54) is 11.3 Å². The highest BCUT2D eigenvalue weighted by Gasteiger charge is 2.15. The summed E-state index contributed by atoms with van der Waals surface area (Å²) >= 11 is 7.28. The second kappa shape index (κ2) is 8.33. The molecule has 1 heterocycles. The number of amides is 1. The fraction of sp³-hybridized carbons (Fsp3) is 0.150. The van der Waals surface area contributed by atoms with E-state index in [0.29, 0.717) is 15.7 Å². The van der Waals surface area contributed by atoms with Gasteiger partial charge in [0.2, 0.25) is 0 Å². The Labute approximate surface area is 166 Å². The number of carbonyl (C=O) groups is 2. The minimum Gasteiger partial charge on any atom is -0.451 e. The molecule has 0 unspecified atom stereocenters. The summed E-state index contributed by atoms with van der Waals surface area (Å²) < 4.78 is 5.06. The number of aromatic nitrogens is 1. The van der Waals surface area contributed by atoms with Crippen LogP contribution in [0, 0.1) is 13.8 Å². The van der Waals surface area contributed by atoms with Gasteiger partial charge >= 0.3 is 5.97 Å². The van der Waals surface area contributed by atoms with Crippen LogP contribution in [-0.4, -0.2) is 23.5 Å². The van der Waals surface area contributed by atoms with Crippen LogP contribution in [0.1, 0.15) is 21.6 Å². The molecule has 3 aromatic rings. The number of nitrogens with one attached hydrogen (secondary N) is 1. The van der Waals surface area contributed by atoms with Crippen LogP contribution in [0.5, 0.6) is 0 Å². The first kappa shape index (κ1) is 19.1. The van der Waals surface area contributed by atoms with Crippen molar-refractivity contribution in [2.45, 2.75) is 13.8 Å². The molecule has 0 aliphatic heterocycles. The van der Waals surface area contributed by atoms with E-state index in [4.69, 9.17) is 16.3 Å². The molecule has 27 heavy (non-hydrogen) atoms. The Morgan fingerprint density at radius 3 is 2.59 bits per heavy atom. The maximum atomic E-state index is 12.1. The molecular formula is C20H17ClN2O3S. The first-order chi connectivity index (χ1) is 12.9. The Hall–Kier alpha value is -2.70. The molecule has 0 atom stereocenters. The summed E-state index contributed by atoms with van der Waals surface area (Å²) in [6.45, 7) is 3.51. The lowest BCUT2D eigenvalue weighted by atomic mass is 10.1. The van der Waals surface area contributed by atoms with Crippen LogP contribution in [0.4, 0.5) is 5.69 Å². The second-order valence-corrected chi connectivity index (χ2v) is 7.34. The van der Waals surface area contributed by atoms with Gasteiger partial charge in [-0.05, 0) is 49.2 Å². The Bertz CT molecular complexity index is 980. The summed E-state index contributed by atoms with van der Waals surface area (Å²) in [6.07, 6.45) is 0. The van der Waals surface area contributed by atoms with Crippen LogP contribution >= 0.6 is 22.9 Å². The number of thiazole rings is 1. The summed E-state index contributed by atoms with van der Waals surface area (Å²) in [7, 11) is 0. The lowest BCUT2D eigenvalue weighted by molar-refractivity contribution is -0.119. The number of ether oxygens (including phenoxy) is 1. The molecule has 2 aromatic carbocycles. The molecule has 0 saturated carbocycles. The Morgan fingerprint density at radius 2 is 1.89 bits per heavy atom. The standard InChI is InChI=1S/C20H17ClN2O3S/c1-12-6-13(2)8-16(7-12)22-18(24)10-26-20(25)17-11-27-19(23-17)14-4-3-5-15(21)9-14/h3-9,11H,10H2,1-2H3,(H,22,24). The van der Waals surface area contributed by atoms with Crippen LogP contribution in [0.3, 0.4) is 0 Å². The summed E-state index contributed by atoms with van der Waals surface area (Å²) in [4.78, 5) is 28.4. The van der Waals surface area contributed by atoms with E-state index in [-0.39, 0.29) is 12.3 Å². The van der Waals surface area contributed by atoms with Gasteiger partial charge in [-0.1, -0.05) is 29.8 Å². The van der Waals surface area contributed by atoms with E-state index in [9.17, 15) is 9.59 Å². The third kappa shape index (κ3) is 5.15. The van der Waals surface area contributed by atoms with Gasteiger partial charge in [-0.3, -0.25) is 4.79 Å². The quantitative estimate of drug-likeness (QED) is 0.620. The number of halogens is 1. The predicted octanol–water partition coefficient (Wildman–Crippen LogP) is 4.88. The normalized spacial score (nSPS) is 10.5. The Balaban J connectivity index is 1.58. The zero-order valence-corrected chi connectivity index (χ0v) is 16.4. The molecule has 138 valence electrons. The van der Waals surface area contributed by atoms with Gasteiger partial charge in [0.15, 0.2) is 12.3 Å². The largest absolute Gasteiger partial charge is 0.451 e. The fourth-order valence-corrected chi connectivity index (χ4v) is 3.55. The highest BCUT2D eigenvalue weighted by molar-refractivity contribution is 7.13. The molecule has 0 aliphatic carbocycles. The van der Waals surface area contributed by atoms with Crippen molar-refractivity contribution in [1.29, 1.82) is 0 Å². The summed E-state index contributed by atoms with van der Waals surface area (Å²) in [5.41, 5.74) is 3.73. The van der Waals surface area contributed by atoms with Crippen LogP contribution in [0.2, 0.25) is 5.02 Å². The first-order valence-corrected chi connectivity index (χ1v) is 9.43. The highest BCUT2D eigenvalue weighted by Crippen LogP contribution is 2.26. The van der Waals surface area contributed by atoms with Crippen molar-refractivity contribution in [3.05, 3.63) is 69.7 Å². The van der Waals surface area contributed by atoms with Gasteiger partial charge in [0.25, 0.3) is 5.91 Å². The number of nitrogens with zero attached hydrogens (tertiary/aromatic N) is 1. The van der Waals surface area contributed by atoms with Crippen LogP contribution < -0.4 is 5.32 Å². The Kier molecular flexibility index (Phi) is 5.88. The van der Waals surface area contributed by atoms with E-state index in [2.05, 4.69) is 10.3 Å². The van der Waals surface area contributed by atoms with Gasteiger partial charge in [-0.15, -0.1) is 11.3 Å². The third-order valence-corrected chi connectivity index (χ3v) is 4.75. The highest BCUT2D eigenvalue weighted by atomic mass is 35.5. The third-order valence-electron chi connectivity index (χ3n) is 3.62. The SMILES string of the molecule is Cc1cc(C)cc(NC(=O)COC(=O)c2csc(-c3cccc(Cl)c3)n2)c1. The van der Waals surface area contributed by atoms with Crippen LogP contribution in [0.15, 0.2) is 47.8 Å². The molecule has 1 aromatic heterocycles. The topological polar surface area (TPSA) is 68.3 Å². The molecule has 0 bridgehead atoms. The van der Waals surface area contributed by atoms with E-state index in [1.54, 1.807) is 17.5 Å². The maximum absolute atomic E-state index is 12.1. The Morgan fingerprint density at radius 1 is 1.15 bits per heavy atom. The monoisotopic (exact) mass is 400 g/mol. The number of aryl methyl sites for hydroxylation is 2. The molecule has 0 saturated heterocycles. The maximum Gasteiger partial charge on any atom is 0.358 e. The van der Waals surface area contributed by atoms with Crippen molar-refractivity contribution < 1.29 is 14.3 Å². The number of esters is 1. The molecule has 0 radical (unpaired) electrons. The number of benzene rings is 2. The lowest BCUT2D eigenvalue weighted by Crippen LogP contribution is -2.21. The van der Waals surface area contributed by atoms with E-state index in [1.807, 2.05) is 44.2 Å². The van der Waals surface area contributed by atoms with Gasteiger partial charge in [-0.25, -0.2) is 9.78 Å². The van der Waals surface area contributed by atoms with E-state index < -0.39 is 11.9 Å². The molecule has 0 fully saturated rings. The van der Waals surface area contributed by atoms with Crippen molar-refractivity contribution >= 4 is 40.5 Å². The molecule has 7 heteroatoms. The number of rotatable bonds is 5. The average Bonchev–Trinajstić information content (AvgIpc) is 3.09. The number of hydrogen-bond acceptors (Lipinski definition) is 5.